The number of halogens is 1. The number of nitrogens with zero attached hydrogens (tertiary/aromatic N) is 1. The standard InChI is InChI=1S/C11H9ClN2O4/c1-17-6-4-14-10(12)8-7(6)5(3-13-8)9(15)11(16)18-2/h3-4,13H,1-2H3. The van der Waals surface area contributed by atoms with Crippen molar-refractivity contribution in [1.82, 2.24) is 9.97 Å². The fourth-order valence-corrected chi connectivity index (χ4v) is 1.82. The van der Waals surface area contributed by atoms with Gasteiger partial charge in [0.15, 0.2) is 5.15 Å². The van der Waals surface area contributed by atoms with Crippen molar-refractivity contribution in [2.45, 2.75) is 0 Å². The first-order valence-corrected chi connectivity index (χ1v) is 5.30. The van der Waals surface area contributed by atoms with Gasteiger partial charge in [-0.05, 0) is 0 Å². The lowest BCUT2D eigenvalue weighted by Gasteiger charge is -2.04. The smallest absolute Gasteiger partial charge is 0.379 e. The van der Waals surface area contributed by atoms with Gasteiger partial charge in [-0.3, -0.25) is 4.79 Å². The topological polar surface area (TPSA) is 81.3 Å². The lowest BCUT2D eigenvalue weighted by Crippen LogP contribution is -2.15. The molecule has 2 aromatic rings. The summed E-state index contributed by atoms with van der Waals surface area (Å²) in [7, 11) is 2.57. The van der Waals surface area contributed by atoms with Crippen LogP contribution in [-0.2, 0) is 9.53 Å². The van der Waals surface area contributed by atoms with Crippen LogP contribution in [-0.4, -0.2) is 35.9 Å². The molecule has 94 valence electrons. The monoisotopic (exact) mass is 268 g/mol. The Balaban J connectivity index is 2.70. The first-order chi connectivity index (χ1) is 8.60. The summed E-state index contributed by atoms with van der Waals surface area (Å²) in [6.45, 7) is 0. The normalized spacial score (nSPS) is 10.4. The highest BCUT2D eigenvalue weighted by Crippen LogP contribution is 2.32. The Labute approximate surface area is 107 Å². The van der Waals surface area contributed by atoms with Gasteiger partial charge in [0.05, 0.1) is 36.9 Å². The fourth-order valence-electron chi connectivity index (χ4n) is 1.62. The van der Waals surface area contributed by atoms with Crippen LogP contribution in [0, 0.1) is 0 Å². The summed E-state index contributed by atoms with van der Waals surface area (Å²) >= 11 is 5.89. The van der Waals surface area contributed by atoms with Crippen molar-refractivity contribution >= 4 is 34.3 Å². The molecule has 0 unspecified atom stereocenters. The van der Waals surface area contributed by atoms with Crippen LogP contribution in [0.3, 0.4) is 0 Å². The Bertz CT molecular complexity index is 635. The van der Waals surface area contributed by atoms with Crippen molar-refractivity contribution in [2.75, 3.05) is 14.2 Å². The summed E-state index contributed by atoms with van der Waals surface area (Å²) in [5.74, 6) is -1.38. The van der Waals surface area contributed by atoms with Gasteiger partial charge in [0, 0.05) is 6.20 Å². The molecule has 0 aliphatic heterocycles. The van der Waals surface area contributed by atoms with Crippen molar-refractivity contribution in [3.8, 4) is 5.75 Å². The molecule has 2 aromatic heterocycles. The Morgan fingerprint density at radius 3 is 2.72 bits per heavy atom. The average Bonchev–Trinajstić information content (AvgIpc) is 2.83. The number of aromatic amines is 1. The maximum Gasteiger partial charge on any atom is 0.379 e. The molecule has 0 aliphatic rings. The highest BCUT2D eigenvalue weighted by molar-refractivity contribution is 6.44. The Kier molecular flexibility index (Phi) is 3.20. The van der Waals surface area contributed by atoms with E-state index in [1.807, 2.05) is 0 Å². The molecule has 1 N–H and O–H groups in total. The Morgan fingerprint density at radius 1 is 1.39 bits per heavy atom. The molecule has 2 heterocycles. The van der Waals surface area contributed by atoms with E-state index >= 15 is 0 Å². The van der Waals surface area contributed by atoms with E-state index in [1.54, 1.807) is 0 Å². The van der Waals surface area contributed by atoms with Crippen molar-refractivity contribution < 1.29 is 19.1 Å². The third kappa shape index (κ3) is 1.80. The zero-order chi connectivity index (χ0) is 13.3. The second-order valence-electron chi connectivity index (χ2n) is 3.39. The number of carbonyl (C=O) groups excluding carboxylic acids is 2. The van der Waals surface area contributed by atoms with Crippen LogP contribution >= 0.6 is 11.6 Å². The number of fused-ring (bicyclic) bond motifs is 1. The number of H-pyrrole nitrogens is 1. The number of ether oxygens (including phenoxy) is 2. The number of esters is 1. The fraction of sp³-hybridized carbons (Fsp3) is 0.182. The summed E-state index contributed by atoms with van der Waals surface area (Å²) in [5, 5.41) is 0.600. The minimum Gasteiger partial charge on any atom is -0.494 e. The predicted molar refractivity (Wildman–Crippen MR) is 64.0 cm³/mol. The maximum atomic E-state index is 11.8. The summed E-state index contributed by atoms with van der Waals surface area (Å²) in [6.07, 6.45) is 2.76. The van der Waals surface area contributed by atoms with Crippen LogP contribution in [0.2, 0.25) is 5.15 Å². The number of ketones is 1. The molecular weight excluding hydrogens is 260 g/mol. The largest absolute Gasteiger partial charge is 0.494 e. The molecule has 2 rings (SSSR count). The summed E-state index contributed by atoms with van der Waals surface area (Å²) in [5.41, 5.74) is 0.571. The minimum atomic E-state index is -0.953. The van der Waals surface area contributed by atoms with Crippen molar-refractivity contribution in [3.63, 3.8) is 0 Å². The first kappa shape index (κ1) is 12.4. The van der Waals surface area contributed by atoms with E-state index in [0.717, 1.165) is 7.11 Å². The van der Waals surface area contributed by atoms with E-state index in [4.69, 9.17) is 16.3 Å². The van der Waals surface area contributed by atoms with E-state index in [0.29, 0.717) is 16.7 Å². The molecule has 0 bridgehead atoms. The number of hydrogen-bond acceptors (Lipinski definition) is 5. The molecule has 0 amide bonds. The third-order valence-corrected chi connectivity index (χ3v) is 2.75. The van der Waals surface area contributed by atoms with Crippen LogP contribution in [0.15, 0.2) is 12.4 Å². The first-order valence-electron chi connectivity index (χ1n) is 4.92. The van der Waals surface area contributed by atoms with Crippen LogP contribution in [0.4, 0.5) is 0 Å². The van der Waals surface area contributed by atoms with Crippen molar-refractivity contribution in [3.05, 3.63) is 23.1 Å². The molecule has 0 atom stereocenters. The van der Waals surface area contributed by atoms with Gasteiger partial charge < -0.3 is 14.5 Å². The van der Waals surface area contributed by atoms with Crippen LogP contribution in [0.1, 0.15) is 10.4 Å². The van der Waals surface area contributed by atoms with E-state index < -0.39 is 11.8 Å². The summed E-state index contributed by atoms with van der Waals surface area (Å²) < 4.78 is 9.50. The highest BCUT2D eigenvalue weighted by Gasteiger charge is 2.23. The highest BCUT2D eigenvalue weighted by atomic mass is 35.5. The molecule has 0 radical (unpaired) electrons. The van der Waals surface area contributed by atoms with Gasteiger partial charge in [-0.2, -0.15) is 0 Å². The summed E-state index contributed by atoms with van der Waals surface area (Å²) in [4.78, 5) is 29.8. The van der Waals surface area contributed by atoms with Crippen molar-refractivity contribution in [2.24, 2.45) is 0 Å². The van der Waals surface area contributed by atoms with Crippen LogP contribution < -0.4 is 4.74 Å². The minimum absolute atomic E-state index is 0.137. The summed E-state index contributed by atoms with van der Waals surface area (Å²) in [6, 6.07) is 0. The van der Waals surface area contributed by atoms with Gasteiger partial charge in [0.25, 0.3) is 5.78 Å². The molecule has 0 spiro atoms. The van der Waals surface area contributed by atoms with Crippen LogP contribution in [0.25, 0.3) is 10.9 Å². The quantitative estimate of drug-likeness (QED) is 0.396. The van der Waals surface area contributed by atoms with Gasteiger partial charge in [0.2, 0.25) is 0 Å². The van der Waals surface area contributed by atoms with E-state index in [1.165, 1.54) is 19.5 Å². The van der Waals surface area contributed by atoms with Crippen LogP contribution in [0.5, 0.6) is 5.75 Å². The molecule has 0 fully saturated rings. The second kappa shape index (κ2) is 4.66. The number of Topliss-reactive ketones (excluding diaryl/α,β-unsaturated/α-hetero) is 1. The van der Waals surface area contributed by atoms with Gasteiger partial charge in [-0.15, -0.1) is 0 Å². The van der Waals surface area contributed by atoms with E-state index in [-0.39, 0.29) is 10.7 Å². The molecule has 0 aliphatic carbocycles. The molecular formula is C11H9ClN2O4. The van der Waals surface area contributed by atoms with Crippen molar-refractivity contribution in [1.29, 1.82) is 0 Å². The zero-order valence-corrected chi connectivity index (χ0v) is 10.4. The lowest BCUT2D eigenvalue weighted by atomic mass is 10.1. The van der Waals surface area contributed by atoms with Gasteiger partial charge >= 0.3 is 5.97 Å². The van der Waals surface area contributed by atoms with Gasteiger partial charge in [-0.25, -0.2) is 9.78 Å². The molecule has 0 saturated carbocycles. The number of hydrogen-bond donors (Lipinski definition) is 1. The zero-order valence-electron chi connectivity index (χ0n) is 9.61. The predicted octanol–water partition coefficient (Wildman–Crippen LogP) is 1.58. The lowest BCUT2D eigenvalue weighted by molar-refractivity contribution is -0.135. The Morgan fingerprint density at radius 2 is 2.11 bits per heavy atom. The molecule has 0 saturated heterocycles. The number of carbonyl (C=O) groups is 2. The average molecular weight is 269 g/mol. The number of rotatable bonds is 3. The molecule has 6 nitrogen and oxygen atoms in total. The second-order valence-corrected chi connectivity index (χ2v) is 3.75. The molecule has 0 aromatic carbocycles. The molecule has 18 heavy (non-hydrogen) atoms. The number of pyridine rings is 1. The maximum absolute atomic E-state index is 11.8. The third-order valence-electron chi connectivity index (χ3n) is 2.46. The van der Waals surface area contributed by atoms with E-state index in [2.05, 4.69) is 14.7 Å². The number of methoxy groups -OCH3 is 2. The molecule has 7 heteroatoms. The number of nitrogens with one attached hydrogen (secondary N) is 1. The van der Waals surface area contributed by atoms with Gasteiger partial charge in [0.1, 0.15) is 5.75 Å². The van der Waals surface area contributed by atoms with Gasteiger partial charge in [-0.1, -0.05) is 11.6 Å². The Hall–Kier alpha value is -2.08. The number of aromatic nitrogens is 2. The SMILES string of the molecule is COC(=O)C(=O)c1c[nH]c2c(Cl)ncc(OC)c12. The van der Waals surface area contributed by atoms with E-state index in [9.17, 15) is 9.59 Å².